The zero-order valence-corrected chi connectivity index (χ0v) is 14.7. The number of ketones is 1. The van der Waals surface area contributed by atoms with Crippen LogP contribution < -0.4 is 4.74 Å². The van der Waals surface area contributed by atoms with Gasteiger partial charge in [0.1, 0.15) is 11.5 Å². The van der Waals surface area contributed by atoms with Crippen LogP contribution in [0.15, 0.2) is 24.3 Å². The summed E-state index contributed by atoms with van der Waals surface area (Å²) in [6.45, 7) is 3.76. The van der Waals surface area contributed by atoms with Gasteiger partial charge in [-0.25, -0.2) is 0 Å². The van der Waals surface area contributed by atoms with Gasteiger partial charge in [0.25, 0.3) is 0 Å². The molecule has 6 heteroatoms. The molecule has 2 fully saturated rings. The van der Waals surface area contributed by atoms with Gasteiger partial charge in [-0.15, -0.1) is 0 Å². The Bertz CT molecular complexity index is 671. The second kappa shape index (κ2) is 7.25. The second-order valence-corrected chi connectivity index (χ2v) is 6.92. The van der Waals surface area contributed by atoms with Gasteiger partial charge >= 0.3 is 0 Å². The quantitative estimate of drug-likeness (QED) is 0.830. The maximum Gasteiger partial charge on any atom is 0.228 e. The van der Waals surface area contributed by atoms with Gasteiger partial charge in [0.2, 0.25) is 11.8 Å². The Kier molecular flexibility index (Phi) is 5.06. The highest BCUT2D eigenvalue weighted by molar-refractivity contribution is 5.91. The molecule has 0 aliphatic carbocycles. The number of nitrogens with zero attached hydrogens (tertiary/aromatic N) is 2. The normalized spacial score (nSPS) is 23.9. The third-order valence-electron chi connectivity index (χ3n) is 5.08. The zero-order valence-electron chi connectivity index (χ0n) is 14.7. The largest absolute Gasteiger partial charge is 0.497 e. The van der Waals surface area contributed by atoms with E-state index < -0.39 is 0 Å². The second-order valence-electron chi connectivity index (χ2n) is 6.92. The van der Waals surface area contributed by atoms with E-state index in [0.717, 1.165) is 11.3 Å². The minimum atomic E-state index is -0.300. The van der Waals surface area contributed by atoms with E-state index in [-0.39, 0.29) is 35.9 Å². The molecule has 3 rings (SSSR count). The zero-order chi connectivity index (χ0) is 18.0. The third-order valence-corrected chi connectivity index (χ3v) is 5.08. The Hall–Kier alpha value is -2.37. The van der Waals surface area contributed by atoms with Crippen molar-refractivity contribution in [3.63, 3.8) is 0 Å². The molecule has 134 valence electrons. The van der Waals surface area contributed by atoms with Gasteiger partial charge < -0.3 is 14.5 Å². The molecule has 0 bridgehead atoms. The van der Waals surface area contributed by atoms with Crippen molar-refractivity contribution in [1.29, 1.82) is 0 Å². The Labute approximate surface area is 147 Å². The first-order valence-corrected chi connectivity index (χ1v) is 8.70. The number of Topliss-reactive ketones (excluding diaryl/α,β-unsaturated/α-hetero) is 1. The maximum absolute atomic E-state index is 12.7. The topological polar surface area (TPSA) is 66.9 Å². The van der Waals surface area contributed by atoms with Crippen LogP contribution in [-0.4, -0.2) is 54.1 Å². The minimum absolute atomic E-state index is 0.00457. The van der Waals surface area contributed by atoms with E-state index in [0.29, 0.717) is 32.6 Å². The lowest BCUT2D eigenvalue weighted by Crippen LogP contribution is -2.46. The van der Waals surface area contributed by atoms with E-state index in [4.69, 9.17) is 4.74 Å². The number of likely N-dealkylation sites (tertiary alicyclic amines) is 2. The standard InChI is InChI=1S/C19H24N2O4/c1-13-10-20(8-7-17(13)22)19(24)15-9-18(23)21(12-15)11-14-3-5-16(25-2)6-4-14/h3-6,13,15H,7-12H2,1-2H3/t13-,15+/m1/s1. The van der Waals surface area contributed by atoms with Crippen LogP contribution in [0.5, 0.6) is 5.75 Å². The number of methoxy groups -OCH3 is 1. The van der Waals surface area contributed by atoms with Gasteiger partial charge in [0.15, 0.2) is 0 Å². The monoisotopic (exact) mass is 344 g/mol. The molecule has 0 aromatic heterocycles. The van der Waals surface area contributed by atoms with Crippen LogP contribution in [0, 0.1) is 11.8 Å². The van der Waals surface area contributed by atoms with E-state index in [1.165, 1.54) is 0 Å². The van der Waals surface area contributed by atoms with Gasteiger partial charge in [-0.3, -0.25) is 14.4 Å². The smallest absolute Gasteiger partial charge is 0.228 e. The van der Waals surface area contributed by atoms with Crippen LogP contribution in [0.25, 0.3) is 0 Å². The molecule has 2 aliphatic heterocycles. The highest BCUT2D eigenvalue weighted by atomic mass is 16.5. The number of carbonyl (C=O) groups excluding carboxylic acids is 3. The lowest BCUT2D eigenvalue weighted by Gasteiger charge is -2.31. The fourth-order valence-electron chi connectivity index (χ4n) is 3.52. The number of piperidine rings is 1. The molecular weight excluding hydrogens is 320 g/mol. The van der Waals surface area contributed by atoms with Crippen molar-refractivity contribution in [2.24, 2.45) is 11.8 Å². The molecule has 0 N–H and O–H groups in total. The summed E-state index contributed by atoms with van der Waals surface area (Å²) in [5, 5.41) is 0. The van der Waals surface area contributed by atoms with E-state index in [1.807, 2.05) is 31.2 Å². The van der Waals surface area contributed by atoms with Gasteiger partial charge in [0.05, 0.1) is 13.0 Å². The summed E-state index contributed by atoms with van der Waals surface area (Å²) in [6, 6.07) is 7.59. The average molecular weight is 344 g/mol. The molecule has 1 aromatic rings. The molecule has 25 heavy (non-hydrogen) atoms. The van der Waals surface area contributed by atoms with Crippen LogP contribution in [0.2, 0.25) is 0 Å². The van der Waals surface area contributed by atoms with Gasteiger partial charge in [-0.1, -0.05) is 19.1 Å². The number of ether oxygens (including phenoxy) is 1. The minimum Gasteiger partial charge on any atom is -0.497 e. The number of carbonyl (C=O) groups is 3. The molecule has 6 nitrogen and oxygen atoms in total. The first kappa shape index (κ1) is 17.5. The lowest BCUT2D eigenvalue weighted by atomic mass is 9.96. The Morgan fingerprint density at radius 1 is 1.20 bits per heavy atom. The summed E-state index contributed by atoms with van der Waals surface area (Å²) in [5.41, 5.74) is 1.01. The van der Waals surface area contributed by atoms with Crippen molar-refractivity contribution in [2.45, 2.75) is 26.3 Å². The molecule has 0 spiro atoms. The molecule has 2 heterocycles. The molecule has 2 aliphatic rings. The number of rotatable bonds is 4. The summed E-state index contributed by atoms with van der Waals surface area (Å²) in [7, 11) is 1.62. The maximum atomic E-state index is 12.7. The van der Waals surface area contributed by atoms with Crippen LogP contribution in [0.1, 0.15) is 25.3 Å². The highest BCUT2D eigenvalue weighted by Gasteiger charge is 2.38. The molecule has 1 aromatic carbocycles. The third kappa shape index (κ3) is 3.83. The lowest BCUT2D eigenvalue weighted by molar-refractivity contribution is -0.140. The predicted octanol–water partition coefficient (Wildman–Crippen LogP) is 1.48. The van der Waals surface area contributed by atoms with Gasteiger partial charge in [0, 0.05) is 44.9 Å². The number of hydrogen-bond donors (Lipinski definition) is 0. The van der Waals surface area contributed by atoms with Crippen molar-refractivity contribution >= 4 is 17.6 Å². The van der Waals surface area contributed by atoms with Crippen molar-refractivity contribution in [2.75, 3.05) is 26.7 Å². The molecular formula is C19H24N2O4. The summed E-state index contributed by atoms with van der Waals surface area (Å²) >= 11 is 0. The molecule has 2 atom stereocenters. The fourth-order valence-corrected chi connectivity index (χ4v) is 3.52. The van der Waals surface area contributed by atoms with E-state index in [1.54, 1.807) is 16.9 Å². The van der Waals surface area contributed by atoms with E-state index in [9.17, 15) is 14.4 Å². The van der Waals surface area contributed by atoms with E-state index in [2.05, 4.69) is 0 Å². The Balaban J connectivity index is 1.59. The van der Waals surface area contributed by atoms with Crippen molar-refractivity contribution in [1.82, 2.24) is 9.80 Å². The van der Waals surface area contributed by atoms with Crippen LogP contribution in [-0.2, 0) is 20.9 Å². The van der Waals surface area contributed by atoms with Gasteiger partial charge in [-0.05, 0) is 17.7 Å². The van der Waals surface area contributed by atoms with Crippen LogP contribution in [0.3, 0.4) is 0 Å². The summed E-state index contributed by atoms with van der Waals surface area (Å²) in [5.74, 6) is 0.600. The van der Waals surface area contributed by atoms with Crippen LogP contribution in [0.4, 0.5) is 0 Å². The number of benzene rings is 1. The van der Waals surface area contributed by atoms with Crippen molar-refractivity contribution in [3.05, 3.63) is 29.8 Å². The molecule has 0 unspecified atom stereocenters. The summed E-state index contributed by atoms with van der Waals surface area (Å²) in [6.07, 6.45) is 0.678. The fraction of sp³-hybridized carbons (Fsp3) is 0.526. The first-order valence-electron chi connectivity index (χ1n) is 8.70. The van der Waals surface area contributed by atoms with Crippen molar-refractivity contribution in [3.8, 4) is 5.75 Å². The molecule has 2 amide bonds. The van der Waals surface area contributed by atoms with E-state index >= 15 is 0 Å². The van der Waals surface area contributed by atoms with Crippen molar-refractivity contribution < 1.29 is 19.1 Å². The number of hydrogen-bond acceptors (Lipinski definition) is 4. The highest BCUT2D eigenvalue weighted by Crippen LogP contribution is 2.24. The van der Waals surface area contributed by atoms with Crippen LogP contribution >= 0.6 is 0 Å². The van der Waals surface area contributed by atoms with Gasteiger partial charge in [-0.2, -0.15) is 0 Å². The first-order chi connectivity index (χ1) is 12.0. The summed E-state index contributed by atoms with van der Waals surface area (Å²) in [4.78, 5) is 40.1. The average Bonchev–Trinajstić information content (AvgIpc) is 2.98. The summed E-state index contributed by atoms with van der Waals surface area (Å²) < 4.78 is 5.14. The molecule has 0 radical (unpaired) electrons. The Morgan fingerprint density at radius 3 is 2.56 bits per heavy atom. The molecule has 2 saturated heterocycles. The Morgan fingerprint density at radius 2 is 1.92 bits per heavy atom. The SMILES string of the molecule is COc1ccc(CN2C[C@@H](C(=O)N3CCC(=O)[C@H](C)C3)CC2=O)cc1. The number of amides is 2. The molecule has 0 saturated carbocycles. The predicted molar refractivity (Wildman–Crippen MR) is 91.9 cm³/mol.